The van der Waals surface area contributed by atoms with E-state index in [-0.39, 0.29) is 18.1 Å². The van der Waals surface area contributed by atoms with Gasteiger partial charge in [0, 0.05) is 13.0 Å². The minimum absolute atomic E-state index is 0.0369. The molecule has 1 aromatic carbocycles. The molecule has 33 heavy (non-hydrogen) atoms. The van der Waals surface area contributed by atoms with Crippen molar-refractivity contribution in [3.8, 4) is 5.75 Å². The fourth-order valence-electron chi connectivity index (χ4n) is 3.71. The summed E-state index contributed by atoms with van der Waals surface area (Å²) in [6.07, 6.45) is 0.970. The number of phenols is 1. The van der Waals surface area contributed by atoms with Gasteiger partial charge in [-0.25, -0.2) is 4.79 Å². The van der Waals surface area contributed by atoms with Gasteiger partial charge in [0.25, 0.3) is 0 Å². The number of hydrogen-bond acceptors (Lipinski definition) is 7. The number of benzene rings is 1. The summed E-state index contributed by atoms with van der Waals surface area (Å²) in [6.45, 7) is 3.05. The molecule has 1 fully saturated rings. The Hall–Kier alpha value is -3.18. The molecule has 0 spiro atoms. The van der Waals surface area contributed by atoms with E-state index in [0.717, 1.165) is 0 Å². The van der Waals surface area contributed by atoms with Gasteiger partial charge in [-0.1, -0.05) is 26.0 Å². The maximum absolute atomic E-state index is 13.0. The van der Waals surface area contributed by atoms with Gasteiger partial charge >= 0.3 is 5.97 Å². The highest BCUT2D eigenvalue weighted by molar-refractivity contribution is 5.94. The first-order valence-corrected chi connectivity index (χ1v) is 10.8. The summed E-state index contributed by atoms with van der Waals surface area (Å²) in [7, 11) is 0. The average molecular weight is 465 g/mol. The van der Waals surface area contributed by atoms with Crippen LogP contribution in [-0.2, 0) is 25.6 Å². The van der Waals surface area contributed by atoms with Crippen molar-refractivity contribution in [2.75, 3.05) is 13.2 Å². The number of aliphatic carboxylic acids is 1. The zero-order valence-corrected chi connectivity index (χ0v) is 18.7. The molecule has 4 atom stereocenters. The van der Waals surface area contributed by atoms with Gasteiger partial charge < -0.3 is 36.6 Å². The molecule has 3 amide bonds. The lowest BCUT2D eigenvalue weighted by molar-refractivity contribution is -0.144. The summed E-state index contributed by atoms with van der Waals surface area (Å²) in [6, 6.07) is 1.79. The van der Waals surface area contributed by atoms with Crippen LogP contribution >= 0.6 is 0 Å². The van der Waals surface area contributed by atoms with Gasteiger partial charge in [0.05, 0.1) is 6.61 Å². The second-order valence-corrected chi connectivity index (χ2v) is 8.48. The van der Waals surface area contributed by atoms with Crippen LogP contribution in [0.1, 0.15) is 32.3 Å². The standard InChI is InChI=1S/C22H32N4O7/c1-12(2)18(22(32)33)25-19(29)16(10-13-5-7-14(28)8-6-13)24-20(30)17-4-3-9-26(17)21(31)15(23)11-27/h5-8,12,15-18,27-28H,3-4,9-11,23H2,1-2H3,(H,24,30)(H,25,29)(H,32,33). The number of aliphatic hydroxyl groups is 1. The summed E-state index contributed by atoms with van der Waals surface area (Å²) < 4.78 is 0. The first-order chi connectivity index (χ1) is 15.5. The van der Waals surface area contributed by atoms with Crippen molar-refractivity contribution in [3.63, 3.8) is 0 Å². The number of nitrogens with two attached hydrogens (primary N) is 1. The first-order valence-electron chi connectivity index (χ1n) is 10.8. The summed E-state index contributed by atoms with van der Waals surface area (Å²) in [5, 5.41) is 33.2. The normalized spacial score (nSPS) is 18.5. The predicted molar refractivity (Wildman–Crippen MR) is 118 cm³/mol. The predicted octanol–water partition coefficient (Wildman–Crippen LogP) is -1.04. The van der Waals surface area contributed by atoms with Crippen molar-refractivity contribution < 1.29 is 34.5 Å². The van der Waals surface area contributed by atoms with Crippen LogP contribution in [0.15, 0.2) is 24.3 Å². The Kier molecular flexibility index (Phi) is 9.18. The van der Waals surface area contributed by atoms with Crippen LogP contribution in [0.5, 0.6) is 5.75 Å². The quantitative estimate of drug-likeness (QED) is 0.254. The second kappa shape index (κ2) is 11.6. The molecular weight excluding hydrogens is 432 g/mol. The highest BCUT2D eigenvalue weighted by atomic mass is 16.4. The monoisotopic (exact) mass is 464 g/mol. The third-order valence-corrected chi connectivity index (χ3v) is 5.59. The fraction of sp³-hybridized carbons (Fsp3) is 0.545. The molecule has 4 unspecified atom stereocenters. The van der Waals surface area contributed by atoms with Crippen molar-refractivity contribution in [3.05, 3.63) is 29.8 Å². The SMILES string of the molecule is CC(C)C(NC(=O)C(Cc1ccc(O)cc1)NC(=O)C1CCCN1C(=O)C(N)CO)C(=O)O. The van der Waals surface area contributed by atoms with Crippen LogP contribution in [0.25, 0.3) is 0 Å². The number of carboxylic acids is 1. The number of rotatable bonds is 10. The maximum atomic E-state index is 13.0. The van der Waals surface area contributed by atoms with E-state index in [4.69, 9.17) is 5.73 Å². The molecule has 1 saturated heterocycles. The lowest BCUT2D eigenvalue weighted by Gasteiger charge is -2.28. The molecule has 2 rings (SSSR count). The molecule has 0 aromatic heterocycles. The highest BCUT2D eigenvalue weighted by Crippen LogP contribution is 2.19. The van der Waals surface area contributed by atoms with E-state index in [0.29, 0.717) is 24.9 Å². The molecular formula is C22H32N4O7. The topological polar surface area (TPSA) is 182 Å². The lowest BCUT2D eigenvalue weighted by Crippen LogP contribution is -2.58. The van der Waals surface area contributed by atoms with E-state index in [9.17, 15) is 34.5 Å². The molecule has 0 saturated carbocycles. The van der Waals surface area contributed by atoms with Crippen molar-refractivity contribution in [2.45, 2.75) is 57.3 Å². The van der Waals surface area contributed by atoms with Crippen LogP contribution in [0.2, 0.25) is 0 Å². The smallest absolute Gasteiger partial charge is 0.326 e. The second-order valence-electron chi connectivity index (χ2n) is 8.48. The van der Waals surface area contributed by atoms with E-state index >= 15 is 0 Å². The number of nitrogens with zero attached hydrogens (tertiary/aromatic N) is 1. The first kappa shape index (κ1) is 26.1. The van der Waals surface area contributed by atoms with Gasteiger partial charge in [0.15, 0.2) is 0 Å². The summed E-state index contributed by atoms with van der Waals surface area (Å²) in [4.78, 5) is 51.3. The number of aromatic hydroxyl groups is 1. The summed E-state index contributed by atoms with van der Waals surface area (Å²) in [5.74, 6) is -3.35. The summed E-state index contributed by atoms with van der Waals surface area (Å²) >= 11 is 0. The van der Waals surface area contributed by atoms with Crippen LogP contribution in [0, 0.1) is 5.92 Å². The third kappa shape index (κ3) is 6.90. The van der Waals surface area contributed by atoms with E-state index in [2.05, 4.69) is 10.6 Å². The zero-order valence-electron chi connectivity index (χ0n) is 18.7. The molecule has 1 aliphatic heterocycles. The molecule has 1 aromatic rings. The Labute approximate surface area is 191 Å². The van der Waals surface area contributed by atoms with Crippen molar-refractivity contribution in [1.29, 1.82) is 0 Å². The van der Waals surface area contributed by atoms with Gasteiger partial charge in [-0.15, -0.1) is 0 Å². The molecule has 1 heterocycles. The van der Waals surface area contributed by atoms with E-state index in [1.807, 2.05) is 0 Å². The number of hydrogen-bond donors (Lipinski definition) is 6. The maximum Gasteiger partial charge on any atom is 0.326 e. The Morgan fingerprint density at radius 1 is 1.15 bits per heavy atom. The molecule has 0 radical (unpaired) electrons. The molecule has 11 nitrogen and oxygen atoms in total. The molecule has 0 bridgehead atoms. The average Bonchev–Trinajstić information content (AvgIpc) is 3.26. The Balaban J connectivity index is 2.22. The Morgan fingerprint density at radius 2 is 1.79 bits per heavy atom. The van der Waals surface area contributed by atoms with Crippen molar-refractivity contribution in [1.82, 2.24) is 15.5 Å². The minimum Gasteiger partial charge on any atom is -0.508 e. The molecule has 0 aliphatic carbocycles. The number of amides is 3. The van der Waals surface area contributed by atoms with E-state index < -0.39 is 54.5 Å². The number of carbonyl (C=O) groups excluding carboxylic acids is 3. The zero-order chi connectivity index (χ0) is 24.7. The van der Waals surface area contributed by atoms with Crippen LogP contribution in [0.3, 0.4) is 0 Å². The lowest BCUT2D eigenvalue weighted by atomic mass is 10.0. The highest BCUT2D eigenvalue weighted by Gasteiger charge is 2.38. The molecule has 182 valence electrons. The van der Waals surface area contributed by atoms with Crippen molar-refractivity contribution in [2.24, 2.45) is 11.7 Å². The number of carboxylic acid groups (broad SMARTS) is 1. The van der Waals surface area contributed by atoms with Gasteiger partial charge in [-0.3, -0.25) is 14.4 Å². The van der Waals surface area contributed by atoms with Crippen molar-refractivity contribution >= 4 is 23.7 Å². The van der Waals surface area contributed by atoms with E-state index in [1.54, 1.807) is 26.0 Å². The number of aliphatic hydroxyl groups excluding tert-OH is 1. The van der Waals surface area contributed by atoms with Gasteiger partial charge in [0.2, 0.25) is 17.7 Å². The Morgan fingerprint density at radius 3 is 2.33 bits per heavy atom. The number of likely N-dealkylation sites (tertiary alicyclic amines) is 1. The van der Waals surface area contributed by atoms with Crippen LogP contribution in [0.4, 0.5) is 0 Å². The van der Waals surface area contributed by atoms with Gasteiger partial charge in [0.1, 0.15) is 29.9 Å². The van der Waals surface area contributed by atoms with E-state index in [1.165, 1.54) is 17.0 Å². The van der Waals surface area contributed by atoms with Gasteiger partial charge in [-0.2, -0.15) is 0 Å². The molecule has 1 aliphatic rings. The largest absolute Gasteiger partial charge is 0.508 e. The number of carbonyl (C=O) groups is 4. The summed E-state index contributed by atoms with van der Waals surface area (Å²) in [5.41, 5.74) is 6.25. The Bertz CT molecular complexity index is 859. The number of nitrogens with one attached hydrogen (secondary N) is 2. The number of phenolic OH excluding ortho intramolecular Hbond substituents is 1. The third-order valence-electron chi connectivity index (χ3n) is 5.59. The van der Waals surface area contributed by atoms with Gasteiger partial charge in [-0.05, 0) is 36.5 Å². The van der Waals surface area contributed by atoms with Crippen LogP contribution < -0.4 is 16.4 Å². The fourth-order valence-corrected chi connectivity index (χ4v) is 3.71. The molecule has 7 N–H and O–H groups in total. The minimum atomic E-state index is -1.20. The van der Waals surface area contributed by atoms with Crippen LogP contribution in [-0.4, -0.2) is 81.2 Å². The molecule has 11 heteroatoms.